The Morgan fingerprint density at radius 2 is 2.00 bits per heavy atom. The Hall–Kier alpha value is -2.27. The molecule has 0 aliphatic heterocycles. The van der Waals surface area contributed by atoms with Gasteiger partial charge in [0.1, 0.15) is 15.8 Å². The van der Waals surface area contributed by atoms with Gasteiger partial charge in [-0.15, -0.1) is 0 Å². The van der Waals surface area contributed by atoms with Crippen LogP contribution in [0.1, 0.15) is 20.8 Å². The zero-order valence-corrected chi connectivity index (χ0v) is 18.3. The number of fused-ring (bicyclic) bond motifs is 2. The average Bonchev–Trinajstić information content (AvgIpc) is 3.15. The summed E-state index contributed by atoms with van der Waals surface area (Å²) in [4.78, 5) is 25.2. The van der Waals surface area contributed by atoms with Gasteiger partial charge in [-0.1, -0.05) is 18.2 Å². The maximum atomic E-state index is 12.2. The lowest BCUT2D eigenvalue weighted by Crippen LogP contribution is -2.26. The number of esters is 1. The van der Waals surface area contributed by atoms with Gasteiger partial charge in [0.25, 0.3) is 0 Å². The summed E-state index contributed by atoms with van der Waals surface area (Å²) in [5.41, 5.74) is 1.24. The highest BCUT2D eigenvalue weighted by Gasteiger charge is 2.21. The molecule has 0 radical (unpaired) electrons. The van der Waals surface area contributed by atoms with E-state index in [1.807, 2.05) is 45.0 Å². The SMILES string of the molecule is CC(C)(C)OC(=O)Cn1cnc2c(-n3nc(I)c4ccccc43)nc(Cl)nc21. The number of aromatic nitrogens is 6. The summed E-state index contributed by atoms with van der Waals surface area (Å²) in [6, 6.07) is 7.82. The fourth-order valence-corrected chi connectivity index (χ4v) is 3.70. The number of carbonyl (C=O) groups excluding carboxylic acids is 1. The Morgan fingerprint density at radius 3 is 2.75 bits per heavy atom. The van der Waals surface area contributed by atoms with Crippen LogP contribution in [-0.2, 0) is 16.1 Å². The van der Waals surface area contributed by atoms with E-state index in [1.54, 1.807) is 9.25 Å². The number of carbonyl (C=O) groups is 1. The number of nitrogens with zero attached hydrogens (tertiary/aromatic N) is 6. The summed E-state index contributed by atoms with van der Waals surface area (Å²) >= 11 is 8.36. The molecular formula is C18H16ClIN6O2. The highest BCUT2D eigenvalue weighted by Crippen LogP contribution is 2.26. The van der Waals surface area contributed by atoms with Gasteiger partial charge in [-0.2, -0.15) is 15.1 Å². The van der Waals surface area contributed by atoms with Gasteiger partial charge in [0, 0.05) is 5.39 Å². The smallest absolute Gasteiger partial charge is 0.326 e. The van der Waals surface area contributed by atoms with Crippen LogP contribution < -0.4 is 0 Å². The predicted octanol–water partition coefficient (Wildman–Crippen LogP) is 3.76. The van der Waals surface area contributed by atoms with E-state index >= 15 is 0 Å². The fraction of sp³-hybridized carbons (Fsp3) is 0.278. The van der Waals surface area contributed by atoms with E-state index in [0.717, 1.165) is 14.6 Å². The standard InChI is InChI=1S/C18H16ClIN6O2/c1-18(2,3)28-12(27)8-25-9-21-13-15(25)22-17(19)23-16(13)26-11-7-5-4-6-10(11)14(20)24-26/h4-7,9H,8H2,1-3H3. The van der Waals surface area contributed by atoms with Gasteiger partial charge in [-0.3, -0.25) is 4.79 Å². The van der Waals surface area contributed by atoms with Crippen LogP contribution in [0.3, 0.4) is 0 Å². The molecule has 0 spiro atoms. The van der Waals surface area contributed by atoms with E-state index in [0.29, 0.717) is 17.0 Å². The second-order valence-corrected chi connectivity index (χ2v) is 8.53. The molecule has 3 heterocycles. The summed E-state index contributed by atoms with van der Waals surface area (Å²) in [5.74, 6) is 0.0687. The average molecular weight is 511 g/mol. The molecular weight excluding hydrogens is 495 g/mol. The van der Waals surface area contributed by atoms with Gasteiger partial charge in [0.05, 0.1) is 11.8 Å². The van der Waals surface area contributed by atoms with Crippen LogP contribution in [0, 0.1) is 3.70 Å². The maximum absolute atomic E-state index is 12.2. The van der Waals surface area contributed by atoms with Crippen LogP contribution in [-0.4, -0.2) is 40.9 Å². The summed E-state index contributed by atoms with van der Waals surface area (Å²) in [6.45, 7) is 5.42. The minimum atomic E-state index is -0.573. The molecule has 0 aliphatic rings. The van der Waals surface area contributed by atoms with Gasteiger partial charge >= 0.3 is 5.97 Å². The number of hydrogen-bond acceptors (Lipinski definition) is 6. The number of hydrogen-bond donors (Lipinski definition) is 0. The zero-order valence-electron chi connectivity index (χ0n) is 15.3. The fourth-order valence-electron chi connectivity index (χ4n) is 2.87. The monoisotopic (exact) mass is 510 g/mol. The molecule has 0 fully saturated rings. The molecule has 144 valence electrons. The lowest BCUT2D eigenvalue weighted by atomic mass is 10.2. The summed E-state index contributed by atoms with van der Waals surface area (Å²) < 4.78 is 9.51. The molecule has 1 aromatic carbocycles. The third kappa shape index (κ3) is 3.55. The first-order valence-electron chi connectivity index (χ1n) is 8.47. The van der Waals surface area contributed by atoms with Gasteiger partial charge in [0.15, 0.2) is 17.0 Å². The number of benzene rings is 1. The molecule has 4 rings (SSSR count). The van der Waals surface area contributed by atoms with Crippen LogP contribution in [0.15, 0.2) is 30.6 Å². The third-order valence-corrected chi connectivity index (χ3v) is 4.85. The lowest BCUT2D eigenvalue weighted by molar-refractivity contribution is -0.155. The summed E-state index contributed by atoms with van der Waals surface area (Å²) in [6.07, 6.45) is 1.53. The molecule has 8 nitrogen and oxygen atoms in total. The van der Waals surface area contributed by atoms with E-state index in [-0.39, 0.29) is 17.8 Å². The molecule has 0 amide bonds. The molecule has 10 heteroatoms. The van der Waals surface area contributed by atoms with Crippen LogP contribution in [0.4, 0.5) is 0 Å². The quantitative estimate of drug-likeness (QED) is 0.237. The lowest BCUT2D eigenvalue weighted by Gasteiger charge is -2.19. The van der Waals surface area contributed by atoms with E-state index in [4.69, 9.17) is 16.3 Å². The van der Waals surface area contributed by atoms with Crippen molar-refractivity contribution < 1.29 is 9.53 Å². The van der Waals surface area contributed by atoms with Crippen molar-refractivity contribution in [2.24, 2.45) is 0 Å². The summed E-state index contributed by atoms with van der Waals surface area (Å²) in [5, 5.41) is 5.63. The number of para-hydroxylation sites is 1. The molecule has 28 heavy (non-hydrogen) atoms. The molecule has 0 aliphatic carbocycles. The van der Waals surface area contributed by atoms with Crippen molar-refractivity contribution in [3.05, 3.63) is 39.6 Å². The van der Waals surface area contributed by atoms with Gasteiger partial charge < -0.3 is 9.30 Å². The van der Waals surface area contributed by atoms with Crippen molar-refractivity contribution in [1.82, 2.24) is 29.3 Å². The Morgan fingerprint density at radius 1 is 1.25 bits per heavy atom. The maximum Gasteiger partial charge on any atom is 0.326 e. The Labute approximate surface area is 179 Å². The molecule has 3 aromatic heterocycles. The second-order valence-electron chi connectivity index (χ2n) is 7.17. The van der Waals surface area contributed by atoms with Crippen molar-refractivity contribution in [2.75, 3.05) is 0 Å². The molecule has 4 aromatic rings. The highest BCUT2D eigenvalue weighted by atomic mass is 127. The Kier molecular flexibility index (Phi) is 4.74. The number of imidazole rings is 1. The predicted molar refractivity (Wildman–Crippen MR) is 114 cm³/mol. The molecule has 0 bridgehead atoms. The zero-order chi connectivity index (χ0) is 20.1. The first-order chi connectivity index (χ1) is 13.2. The van der Waals surface area contributed by atoms with Crippen molar-refractivity contribution >= 4 is 62.2 Å². The van der Waals surface area contributed by atoms with E-state index in [2.05, 4.69) is 42.6 Å². The Bertz CT molecular complexity index is 1210. The second kappa shape index (κ2) is 6.96. The van der Waals surface area contributed by atoms with Crippen molar-refractivity contribution in [3.63, 3.8) is 0 Å². The number of halogens is 2. The van der Waals surface area contributed by atoms with Crippen molar-refractivity contribution in [2.45, 2.75) is 32.9 Å². The molecule has 0 saturated carbocycles. The minimum absolute atomic E-state index is 0.0298. The van der Waals surface area contributed by atoms with Crippen LogP contribution in [0.25, 0.3) is 27.9 Å². The van der Waals surface area contributed by atoms with Gasteiger partial charge in [0.2, 0.25) is 5.28 Å². The van der Waals surface area contributed by atoms with E-state index in [9.17, 15) is 4.79 Å². The largest absolute Gasteiger partial charge is 0.459 e. The highest BCUT2D eigenvalue weighted by molar-refractivity contribution is 14.1. The van der Waals surface area contributed by atoms with Crippen LogP contribution >= 0.6 is 34.2 Å². The summed E-state index contributed by atoms with van der Waals surface area (Å²) in [7, 11) is 0. The number of rotatable bonds is 3. The first-order valence-corrected chi connectivity index (χ1v) is 9.92. The van der Waals surface area contributed by atoms with E-state index in [1.165, 1.54) is 6.33 Å². The Balaban J connectivity index is 1.83. The van der Waals surface area contributed by atoms with Gasteiger partial charge in [-0.25, -0.2) is 9.67 Å². The van der Waals surface area contributed by atoms with Crippen molar-refractivity contribution in [3.8, 4) is 5.82 Å². The normalized spacial score (nSPS) is 12.0. The van der Waals surface area contributed by atoms with Gasteiger partial charge in [-0.05, 0) is 61.0 Å². The van der Waals surface area contributed by atoms with Crippen LogP contribution in [0.5, 0.6) is 0 Å². The molecule has 0 saturated heterocycles. The molecule has 0 unspecified atom stereocenters. The third-order valence-electron chi connectivity index (χ3n) is 3.88. The molecule has 0 N–H and O–H groups in total. The topological polar surface area (TPSA) is 87.7 Å². The van der Waals surface area contributed by atoms with Crippen LogP contribution in [0.2, 0.25) is 5.28 Å². The van der Waals surface area contributed by atoms with E-state index < -0.39 is 5.60 Å². The first kappa shape index (κ1) is 19.1. The van der Waals surface area contributed by atoms with Crippen molar-refractivity contribution in [1.29, 1.82) is 0 Å². The molecule has 0 atom stereocenters. The minimum Gasteiger partial charge on any atom is -0.459 e. The number of ether oxygens (including phenoxy) is 1.